The Balaban J connectivity index is 2.11. The molecule has 1 aromatic carbocycles. The topological polar surface area (TPSA) is 41.5 Å². The van der Waals surface area contributed by atoms with Gasteiger partial charge in [-0.2, -0.15) is 0 Å². The molecule has 0 aromatic heterocycles. The second-order valence-electron chi connectivity index (χ2n) is 5.41. The van der Waals surface area contributed by atoms with Crippen LogP contribution in [0.4, 0.5) is 0 Å². The second kappa shape index (κ2) is 6.25. The van der Waals surface area contributed by atoms with Gasteiger partial charge >= 0.3 is 0 Å². The maximum atomic E-state index is 10.4. The molecule has 2 N–H and O–H groups in total. The van der Waals surface area contributed by atoms with Crippen LogP contribution in [0.2, 0.25) is 0 Å². The van der Waals surface area contributed by atoms with E-state index in [2.05, 4.69) is 34.2 Å². The summed E-state index contributed by atoms with van der Waals surface area (Å²) in [6.45, 7) is 2.48. The molecule has 4 heteroatoms. The zero-order chi connectivity index (χ0) is 13.9. The lowest BCUT2D eigenvalue weighted by Gasteiger charge is -2.24. The van der Waals surface area contributed by atoms with Crippen molar-refractivity contribution in [1.82, 2.24) is 5.32 Å². The molecular weight excluding hydrogens is 306 g/mol. The predicted octanol–water partition coefficient (Wildman–Crippen LogP) is 3.41. The summed E-state index contributed by atoms with van der Waals surface area (Å²) < 4.78 is 6.90. The van der Waals surface area contributed by atoms with Gasteiger partial charge in [0.2, 0.25) is 0 Å². The zero-order valence-electron chi connectivity index (χ0n) is 11.6. The molecule has 1 atom stereocenters. The highest BCUT2D eigenvalue weighted by atomic mass is 79.9. The molecule has 1 aromatic rings. The van der Waals surface area contributed by atoms with Crippen molar-refractivity contribution in [2.45, 2.75) is 44.2 Å². The fourth-order valence-corrected chi connectivity index (χ4v) is 2.88. The van der Waals surface area contributed by atoms with E-state index in [1.807, 2.05) is 19.2 Å². The van der Waals surface area contributed by atoms with Crippen LogP contribution in [-0.4, -0.2) is 24.4 Å². The van der Waals surface area contributed by atoms with Crippen LogP contribution >= 0.6 is 15.9 Å². The lowest BCUT2D eigenvalue weighted by atomic mass is 10.0. The largest absolute Gasteiger partial charge is 0.490 e. The molecule has 1 fully saturated rings. The van der Waals surface area contributed by atoms with Crippen LogP contribution in [0.3, 0.4) is 0 Å². The minimum atomic E-state index is -0.636. The number of rotatable bonds is 5. The molecule has 0 radical (unpaired) electrons. The van der Waals surface area contributed by atoms with Gasteiger partial charge < -0.3 is 15.2 Å². The fourth-order valence-electron chi connectivity index (χ4n) is 2.54. The van der Waals surface area contributed by atoms with E-state index >= 15 is 0 Å². The molecule has 3 nitrogen and oxygen atoms in total. The Morgan fingerprint density at radius 1 is 1.42 bits per heavy atom. The van der Waals surface area contributed by atoms with Gasteiger partial charge in [0.05, 0.1) is 5.60 Å². The van der Waals surface area contributed by atoms with Gasteiger partial charge in [-0.15, -0.1) is 0 Å². The van der Waals surface area contributed by atoms with Crippen molar-refractivity contribution in [2.75, 3.05) is 13.7 Å². The van der Waals surface area contributed by atoms with Crippen molar-refractivity contribution < 1.29 is 9.84 Å². The van der Waals surface area contributed by atoms with Crippen LogP contribution in [-0.2, 0) is 0 Å². The summed E-state index contributed by atoms with van der Waals surface area (Å²) in [5.41, 5.74) is 0.481. The van der Waals surface area contributed by atoms with Crippen molar-refractivity contribution in [3.63, 3.8) is 0 Å². The number of nitrogens with one attached hydrogen (secondary N) is 1. The van der Waals surface area contributed by atoms with Crippen LogP contribution in [0.1, 0.15) is 44.2 Å². The SMILES string of the molecule is CNC(C)c1ccc(Br)cc1OCC1(O)CCCC1. The van der Waals surface area contributed by atoms with E-state index in [1.165, 1.54) is 0 Å². The molecular formula is C15H22BrNO2. The van der Waals surface area contributed by atoms with Crippen molar-refractivity contribution in [3.05, 3.63) is 28.2 Å². The molecule has 0 aliphatic heterocycles. The summed E-state index contributed by atoms with van der Waals surface area (Å²) >= 11 is 3.47. The minimum absolute atomic E-state index is 0.223. The van der Waals surface area contributed by atoms with Gasteiger partial charge in [-0.05, 0) is 38.9 Å². The van der Waals surface area contributed by atoms with Crippen LogP contribution in [0.5, 0.6) is 5.75 Å². The molecule has 106 valence electrons. The molecule has 2 rings (SSSR count). The maximum Gasteiger partial charge on any atom is 0.125 e. The minimum Gasteiger partial charge on any atom is -0.490 e. The quantitative estimate of drug-likeness (QED) is 0.870. The molecule has 1 aliphatic rings. The van der Waals surface area contributed by atoms with Gasteiger partial charge in [0.1, 0.15) is 12.4 Å². The first-order valence-electron chi connectivity index (χ1n) is 6.86. The summed E-state index contributed by atoms with van der Waals surface area (Å²) in [5, 5.41) is 13.6. The van der Waals surface area contributed by atoms with Crippen LogP contribution < -0.4 is 10.1 Å². The van der Waals surface area contributed by atoms with E-state index in [9.17, 15) is 5.11 Å². The highest BCUT2D eigenvalue weighted by Crippen LogP contribution is 2.33. The monoisotopic (exact) mass is 327 g/mol. The summed E-state index contributed by atoms with van der Waals surface area (Å²) in [4.78, 5) is 0. The van der Waals surface area contributed by atoms with Crippen LogP contribution in [0.25, 0.3) is 0 Å². The van der Waals surface area contributed by atoms with Crippen molar-refractivity contribution >= 4 is 15.9 Å². The smallest absolute Gasteiger partial charge is 0.125 e. The fraction of sp³-hybridized carbons (Fsp3) is 0.600. The highest BCUT2D eigenvalue weighted by Gasteiger charge is 2.32. The van der Waals surface area contributed by atoms with Gasteiger partial charge in [0, 0.05) is 16.1 Å². The number of hydrogen-bond donors (Lipinski definition) is 2. The van der Waals surface area contributed by atoms with E-state index in [0.29, 0.717) is 6.61 Å². The summed E-state index contributed by atoms with van der Waals surface area (Å²) in [6, 6.07) is 6.27. The Hall–Kier alpha value is -0.580. The zero-order valence-corrected chi connectivity index (χ0v) is 13.2. The third kappa shape index (κ3) is 3.71. The number of halogens is 1. The van der Waals surface area contributed by atoms with E-state index < -0.39 is 5.60 Å². The summed E-state index contributed by atoms with van der Waals surface area (Å²) in [6.07, 6.45) is 3.88. The van der Waals surface area contributed by atoms with Crippen molar-refractivity contribution in [3.8, 4) is 5.75 Å². The van der Waals surface area contributed by atoms with E-state index in [-0.39, 0.29) is 6.04 Å². The lowest BCUT2D eigenvalue weighted by molar-refractivity contribution is 0.00100. The standard InChI is InChI=1S/C15H22BrNO2/c1-11(17-2)13-6-5-12(16)9-14(13)19-10-15(18)7-3-4-8-15/h5-6,9,11,17-18H,3-4,7-8,10H2,1-2H3. The number of hydrogen-bond acceptors (Lipinski definition) is 3. The van der Waals surface area contributed by atoms with Gasteiger partial charge in [-0.25, -0.2) is 0 Å². The molecule has 1 aliphatic carbocycles. The van der Waals surface area contributed by atoms with Crippen LogP contribution in [0, 0.1) is 0 Å². The Bertz CT molecular complexity index is 430. The molecule has 1 saturated carbocycles. The lowest BCUT2D eigenvalue weighted by Crippen LogP contribution is -2.32. The molecule has 1 unspecified atom stereocenters. The number of aliphatic hydroxyl groups is 1. The van der Waals surface area contributed by atoms with Gasteiger partial charge in [-0.1, -0.05) is 34.8 Å². The number of ether oxygens (including phenoxy) is 1. The molecule has 0 amide bonds. The van der Waals surface area contributed by atoms with Crippen molar-refractivity contribution in [1.29, 1.82) is 0 Å². The number of benzene rings is 1. The van der Waals surface area contributed by atoms with Gasteiger partial charge in [0.15, 0.2) is 0 Å². The first-order valence-corrected chi connectivity index (χ1v) is 7.65. The molecule has 0 heterocycles. The molecule has 0 spiro atoms. The Morgan fingerprint density at radius 3 is 2.74 bits per heavy atom. The average Bonchev–Trinajstić information content (AvgIpc) is 2.83. The second-order valence-corrected chi connectivity index (χ2v) is 6.33. The van der Waals surface area contributed by atoms with Crippen LogP contribution in [0.15, 0.2) is 22.7 Å². The normalized spacial score (nSPS) is 19.4. The Morgan fingerprint density at radius 2 is 2.11 bits per heavy atom. The Kier molecular flexibility index (Phi) is 4.87. The predicted molar refractivity (Wildman–Crippen MR) is 80.5 cm³/mol. The Labute approximate surface area is 123 Å². The summed E-state index contributed by atoms with van der Waals surface area (Å²) in [7, 11) is 1.93. The summed E-state index contributed by atoms with van der Waals surface area (Å²) in [5.74, 6) is 0.844. The first-order chi connectivity index (χ1) is 9.04. The van der Waals surface area contributed by atoms with Gasteiger partial charge in [0.25, 0.3) is 0 Å². The maximum absolute atomic E-state index is 10.4. The van der Waals surface area contributed by atoms with E-state index in [4.69, 9.17) is 4.74 Å². The van der Waals surface area contributed by atoms with Crippen molar-refractivity contribution in [2.24, 2.45) is 0 Å². The molecule has 19 heavy (non-hydrogen) atoms. The molecule has 0 saturated heterocycles. The molecule has 0 bridgehead atoms. The third-order valence-electron chi connectivity index (χ3n) is 3.91. The average molecular weight is 328 g/mol. The highest BCUT2D eigenvalue weighted by molar-refractivity contribution is 9.10. The third-order valence-corrected chi connectivity index (χ3v) is 4.40. The van der Waals surface area contributed by atoms with E-state index in [1.54, 1.807) is 0 Å². The van der Waals surface area contributed by atoms with Gasteiger partial charge in [-0.3, -0.25) is 0 Å². The van der Waals surface area contributed by atoms with E-state index in [0.717, 1.165) is 41.5 Å². The first kappa shape index (κ1) is 14.8.